The van der Waals surface area contributed by atoms with E-state index in [0.717, 1.165) is 15.7 Å². The van der Waals surface area contributed by atoms with Crippen molar-refractivity contribution in [1.29, 1.82) is 0 Å². The Kier molecular flexibility index (Phi) is 3.84. The van der Waals surface area contributed by atoms with E-state index < -0.39 is 0 Å². The van der Waals surface area contributed by atoms with Crippen molar-refractivity contribution >= 4 is 27.5 Å². The molecule has 92 valence electrons. The number of hydrogen-bond acceptors (Lipinski definition) is 2. The van der Waals surface area contributed by atoms with E-state index in [2.05, 4.69) is 21.2 Å². The monoisotopic (exact) mass is 296 g/mol. The second kappa shape index (κ2) is 5.19. The van der Waals surface area contributed by atoms with E-state index in [1.54, 1.807) is 0 Å². The van der Waals surface area contributed by atoms with Gasteiger partial charge in [0.15, 0.2) is 0 Å². The van der Waals surface area contributed by atoms with Crippen molar-refractivity contribution in [2.24, 2.45) is 11.7 Å². The van der Waals surface area contributed by atoms with Gasteiger partial charge < -0.3 is 11.1 Å². The van der Waals surface area contributed by atoms with Crippen molar-refractivity contribution in [3.8, 4) is 0 Å². The summed E-state index contributed by atoms with van der Waals surface area (Å²) < 4.78 is 1.02. The van der Waals surface area contributed by atoms with E-state index in [0.29, 0.717) is 12.3 Å². The van der Waals surface area contributed by atoms with Gasteiger partial charge in [0.25, 0.3) is 0 Å². The summed E-state index contributed by atoms with van der Waals surface area (Å²) >= 11 is 3.40. The first-order chi connectivity index (χ1) is 8.06. The molecule has 1 saturated carbocycles. The zero-order chi connectivity index (χ0) is 12.4. The van der Waals surface area contributed by atoms with Crippen LogP contribution < -0.4 is 11.1 Å². The minimum atomic E-state index is 0.00909. The van der Waals surface area contributed by atoms with E-state index in [4.69, 9.17) is 5.73 Å². The molecule has 0 radical (unpaired) electrons. The molecule has 0 spiro atoms. The van der Waals surface area contributed by atoms with Crippen LogP contribution in [0.25, 0.3) is 0 Å². The van der Waals surface area contributed by atoms with E-state index in [1.807, 2.05) is 25.1 Å². The van der Waals surface area contributed by atoms with E-state index in [-0.39, 0.29) is 11.9 Å². The molecule has 2 rings (SSSR count). The first kappa shape index (κ1) is 12.6. The summed E-state index contributed by atoms with van der Waals surface area (Å²) in [5.74, 6) is 0.571. The summed E-state index contributed by atoms with van der Waals surface area (Å²) in [4.78, 5) is 11.8. The Morgan fingerprint density at radius 1 is 1.59 bits per heavy atom. The van der Waals surface area contributed by atoms with Crippen LogP contribution in [0.5, 0.6) is 0 Å². The highest BCUT2D eigenvalue weighted by Gasteiger charge is 2.29. The van der Waals surface area contributed by atoms with Crippen molar-refractivity contribution in [1.82, 2.24) is 0 Å². The number of nitrogens with one attached hydrogen (secondary N) is 1. The first-order valence-corrected chi connectivity index (χ1v) is 6.67. The second-order valence-corrected chi connectivity index (χ2v) is 5.63. The molecule has 1 amide bonds. The van der Waals surface area contributed by atoms with Gasteiger partial charge in [-0.2, -0.15) is 0 Å². The number of carbonyl (C=O) groups excluding carboxylic acids is 1. The Morgan fingerprint density at radius 3 is 2.88 bits per heavy atom. The molecule has 1 aliphatic rings. The molecule has 3 nitrogen and oxygen atoms in total. The molecule has 4 heteroatoms. The summed E-state index contributed by atoms with van der Waals surface area (Å²) in [6.07, 6.45) is 2.76. The van der Waals surface area contributed by atoms with Gasteiger partial charge in [-0.3, -0.25) is 4.79 Å². The lowest BCUT2D eigenvalue weighted by molar-refractivity contribution is -0.116. The largest absolute Gasteiger partial charge is 0.327 e. The molecule has 1 aliphatic carbocycles. The maximum absolute atomic E-state index is 11.8. The number of halogens is 1. The van der Waals surface area contributed by atoms with Gasteiger partial charge in [0.2, 0.25) is 5.91 Å². The average Bonchev–Trinajstić information content (AvgIpc) is 3.05. The maximum Gasteiger partial charge on any atom is 0.225 e. The molecule has 0 aliphatic heterocycles. The fourth-order valence-corrected chi connectivity index (χ4v) is 2.35. The van der Waals surface area contributed by atoms with Crippen molar-refractivity contribution < 1.29 is 4.79 Å². The fourth-order valence-electron chi connectivity index (χ4n) is 1.87. The van der Waals surface area contributed by atoms with Crippen LogP contribution in [0.1, 0.15) is 24.8 Å². The Labute approximate surface area is 110 Å². The molecule has 0 aromatic heterocycles. The number of aryl methyl sites for hydroxylation is 1. The predicted octanol–water partition coefficient (Wildman–Crippen LogP) is 2.82. The maximum atomic E-state index is 11.8. The topological polar surface area (TPSA) is 55.1 Å². The second-order valence-electron chi connectivity index (χ2n) is 4.71. The molecule has 1 fully saturated rings. The number of benzene rings is 1. The Morgan fingerprint density at radius 2 is 2.29 bits per heavy atom. The number of hydrogen-bond donors (Lipinski definition) is 2. The first-order valence-electron chi connectivity index (χ1n) is 5.88. The lowest BCUT2D eigenvalue weighted by Crippen LogP contribution is -2.29. The Bertz CT molecular complexity index is 429. The summed E-state index contributed by atoms with van der Waals surface area (Å²) in [7, 11) is 0. The van der Waals surface area contributed by atoms with Gasteiger partial charge in [-0.05, 0) is 49.4 Å². The molecular formula is C13H17BrN2O. The molecule has 0 heterocycles. The third-order valence-electron chi connectivity index (χ3n) is 3.11. The molecule has 1 aromatic carbocycles. The van der Waals surface area contributed by atoms with Crippen molar-refractivity contribution in [3.05, 3.63) is 28.2 Å². The lowest BCUT2D eigenvalue weighted by atomic mass is 10.1. The predicted molar refractivity (Wildman–Crippen MR) is 72.8 cm³/mol. The zero-order valence-corrected chi connectivity index (χ0v) is 11.5. The highest BCUT2D eigenvalue weighted by molar-refractivity contribution is 9.10. The Balaban J connectivity index is 1.92. The highest BCUT2D eigenvalue weighted by atomic mass is 79.9. The quantitative estimate of drug-likeness (QED) is 0.898. The van der Waals surface area contributed by atoms with E-state index >= 15 is 0 Å². The van der Waals surface area contributed by atoms with E-state index in [1.165, 1.54) is 12.8 Å². The normalized spacial score (nSPS) is 16.6. The van der Waals surface area contributed by atoms with Crippen LogP contribution in [0.4, 0.5) is 5.69 Å². The highest BCUT2D eigenvalue weighted by Crippen LogP contribution is 2.33. The van der Waals surface area contributed by atoms with Crippen molar-refractivity contribution in [2.75, 3.05) is 5.32 Å². The van der Waals surface area contributed by atoms with Crippen LogP contribution in [0, 0.1) is 12.8 Å². The van der Waals surface area contributed by atoms with Crippen LogP contribution in [-0.4, -0.2) is 11.9 Å². The summed E-state index contributed by atoms with van der Waals surface area (Å²) in [6.45, 7) is 1.97. The SMILES string of the molecule is Cc1cc(Br)ccc1NC(=O)CC(N)C1CC1. The Hall–Kier alpha value is -0.870. The molecule has 0 bridgehead atoms. The standard InChI is InChI=1S/C13H17BrN2O/c1-8-6-10(14)4-5-12(8)16-13(17)7-11(15)9-2-3-9/h4-6,9,11H,2-3,7,15H2,1H3,(H,16,17). The van der Waals surface area contributed by atoms with Gasteiger partial charge in [0.1, 0.15) is 0 Å². The van der Waals surface area contributed by atoms with Gasteiger partial charge in [-0.1, -0.05) is 15.9 Å². The number of rotatable bonds is 4. The molecule has 1 atom stereocenters. The van der Waals surface area contributed by atoms with Crippen molar-refractivity contribution in [3.63, 3.8) is 0 Å². The van der Waals surface area contributed by atoms with E-state index in [9.17, 15) is 4.79 Å². The molecule has 0 saturated heterocycles. The summed E-state index contributed by atoms with van der Waals surface area (Å²) in [5, 5.41) is 2.91. The van der Waals surface area contributed by atoms with Gasteiger partial charge in [0, 0.05) is 22.6 Å². The number of carbonyl (C=O) groups is 1. The molecule has 1 aromatic rings. The third-order valence-corrected chi connectivity index (χ3v) is 3.60. The van der Waals surface area contributed by atoms with Gasteiger partial charge in [0.05, 0.1) is 0 Å². The van der Waals surface area contributed by atoms with Gasteiger partial charge >= 0.3 is 0 Å². The minimum absolute atomic E-state index is 0.00909. The van der Waals surface area contributed by atoms with Crippen LogP contribution >= 0.6 is 15.9 Å². The summed E-state index contributed by atoms with van der Waals surface area (Å²) in [5.41, 5.74) is 7.84. The smallest absolute Gasteiger partial charge is 0.225 e. The van der Waals surface area contributed by atoms with Crippen LogP contribution in [0.15, 0.2) is 22.7 Å². The van der Waals surface area contributed by atoms with Gasteiger partial charge in [-0.25, -0.2) is 0 Å². The molecule has 17 heavy (non-hydrogen) atoms. The molecule has 1 unspecified atom stereocenters. The molecular weight excluding hydrogens is 280 g/mol. The summed E-state index contributed by atoms with van der Waals surface area (Å²) in [6, 6.07) is 5.82. The fraction of sp³-hybridized carbons (Fsp3) is 0.462. The minimum Gasteiger partial charge on any atom is -0.327 e. The third kappa shape index (κ3) is 3.54. The zero-order valence-electron chi connectivity index (χ0n) is 9.87. The molecule has 3 N–H and O–H groups in total. The van der Waals surface area contributed by atoms with Crippen LogP contribution in [0.2, 0.25) is 0 Å². The lowest BCUT2D eigenvalue weighted by Gasteiger charge is -2.12. The number of anilines is 1. The van der Waals surface area contributed by atoms with Crippen LogP contribution in [0.3, 0.4) is 0 Å². The number of amides is 1. The van der Waals surface area contributed by atoms with Crippen LogP contribution in [-0.2, 0) is 4.79 Å². The average molecular weight is 297 g/mol. The number of nitrogens with two attached hydrogens (primary N) is 1. The van der Waals surface area contributed by atoms with Crippen molar-refractivity contribution in [2.45, 2.75) is 32.2 Å². The van der Waals surface area contributed by atoms with Gasteiger partial charge in [-0.15, -0.1) is 0 Å².